The highest BCUT2D eigenvalue weighted by molar-refractivity contribution is 6.06. The van der Waals surface area contributed by atoms with Gasteiger partial charge in [0.15, 0.2) is 11.6 Å². The average molecular weight is 538 g/mol. The number of halogens is 2. The van der Waals surface area contributed by atoms with E-state index in [9.17, 15) is 18.4 Å². The molecular weight excluding hydrogens is 512 g/mol. The van der Waals surface area contributed by atoms with E-state index >= 15 is 0 Å². The van der Waals surface area contributed by atoms with E-state index in [0.717, 1.165) is 34.1 Å². The average Bonchev–Trinajstić information content (AvgIpc) is 3.41. The summed E-state index contributed by atoms with van der Waals surface area (Å²) in [6.45, 7) is 0. The molecule has 3 aromatic heterocycles. The number of hydrogen-bond acceptors (Lipinski definition) is 5. The largest absolute Gasteiger partial charge is 0.344 e. The van der Waals surface area contributed by atoms with Crippen molar-refractivity contribution in [2.45, 2.75) is 49.5 Å². The molecule has 1 aliphatic heterocycles. The molecule has 4 heterocycles. The van der Waals surface area contributed by atoms with E-state index in [-0.39, 0.29) is 17.7 Å². The molecule has 1 spiro atoms. The Morgan fingerprint density at radius 3 is 2.73 bits per heavy atom. The third kappa shape index (κ3) is 3.87. The van der Waals surface area contributed by atoms with E-state index in [2.05, 4.69) is 25.6 Å². The molecular formula is C31H25F2N5O2. The minimum Gasteiger partial charge on any atom is -0.344 e. The van der Waals surface area contributed by atoms with Crippen LogP contribution >= 0.6 is 0 Å². The first kappa shape index (κ1) is 24.5. The molecule has 7 nitrogen and oxygen atoms in total. The molecule has 3 aliphatic rings. The van der Waals surface area contributed by atoms with Crippen molar-refractivity contribution in [2.24, 2.45) is 0 Å². The Morgan fingerprint density at radius 1 is 0.975 bits per heavy atom. The van der Waals surface area contributed by atoms with E-state index in [4.69, 9.17) is 0 Å². The van der Waals surface area contributed by atoms with Crippen LogP contribution in [0.15, 0.2) is 67.1 Å². The third-order valence-electron chi connectivity index (χ3n) is 8.53. The second kappa shape index (κ2) is 9.29. The zero-order valence-corrected chi connectivity index (χ0v) is 21.5. The fourth-order valence-corrected chi connectivity index (χ4v) is 6.53. The number of anilines is 1. The van der Waals surface area contributed by atoms with Gasteiger partial charge in [-0.3, -0.25) is 19.6 Å². The van der Waals surface area contributed by atoms with Crippen molar-refractivity contribution in [3.63, 3.8) is 0 Å². The molecule has 1 unspecified atom stereocenters. The fourth-order valence-electron chi connectivity index (χ4n) is 6.53. The smallest absolute Gasteiger partial charge is 0.253 e. The predicted molar refractivity (Wildman–Crippen MR) is 143 cm³/mol. The first-order valence-electron chi connectivity index (χ1n) is 13.4. The second-order valence-electron chi connectivity index (χ2n) is 10.8. The SMILES string of the molecule is O=C(N[C@@H]1CC[C@@H](c2cccc(F)c2F)Cc2cccnc21)c1cnc2c(c1)CC1(C2)C(=O)Nc2ncccc21. The summed E-state index contributed by atoms with van der Waals surface area (Å²) >= 11 is 0. The van der Waals surface area contributed by atoms with Gasteiger partial charge in [-0.2, -0.15) is 0 Å². The highest BCUT2D eigenvalue weighted by Crippen LogP contribution is 2.46. The van der Waals surface area contributed by atoms with Gasteiger partial charge in [-0.1, -0.05) is 24.3 Å². The molecule has 2 N–H and O–H groups in total. The lowest BCUT2D eigenvalue weighted by Crippen LogP contribution is -2.35. The molecule has 0 bridgehead atoms. The van der Waals surface area contributed by atoms with Crippen LogP contribution in [-0.2, 0) is 29.5 Å². The quantitative estimate of drug-likeness (QED) is 0.369. The summed E-state index contributed by atoms with van der Waals surface area (Å²) in [5.74, 6) is -1.75. The van der Waals surface area contributed by atoms with Gasteiger partial charge < -0.3 is 10.6 Å². The number of benzene rings is 1. The fraction of sp³-hybridized carbons (Fsp3) is 0.258. The van der Waals surface area contributed by atoms with Crippen molar-refractivity contribution in [1.82, 2.24) is 20.3 Å². The molecule has 0 saturated heterocycles. The number of nitrogens with zero attached hydrogens (tertiary/aromatic N) is 3. The van der Waals surface area contributed by atoms with E-state index in [0.29, 0.717) is 49.0 Å². The van der Waals surface area contributed by atoms with Crippen LogP contribution in [0.3, 0.4) is 0 Å². The molecule has 9 heteroatoms. The number of rotatable bonds is 3. The van der Waals surface area contributed by atoms with Gasteiger partial charge in [-0.05, 0) is 72.6 Å². The second-order valence-corrected chi connectivity index (χ2v) is 10.8. The summed E-state index contributed by atoms with van der Waals surface area (Å²) in [7, 11) is 0. The normalized spacial score (nSPS) is 22.7. The molecule has 1 aromatic carbocycles. The van der Waals surface area contributed by atoms with Gasteiger partial charge in [-0.15, -0.1) is 0 Å². The maximum atomic E-state index is 14.7. The Bertz CT molecular complexity index is 1690. The maximum absolute atomic E-state index is 14.7. The number of amides is 2. The van der Waals surface area contributed by atoms with Gasteiger partial charge >= 0.3 is 0 Å². The van der Waals surface area contributed by atoms with Gasteiger partial charge in [0.25, 0.3) is 5.91 Å². The maximum Gasteiger partial charge on any atom is 0.253 e. The first-order valence-corrected chi connectivity index (χ1v) is 13.4. The highest BCUT2D eigenvalue weighted by atomic mass is 19.2. The zero-order chi connectivity index (χ0) is 27.4. The van der Waals surface area contributed by atoms with Gasteiger partial charge in [0.1, 0.15) is 5.82 Å². The van der Waals surface area contributed by atoms with Crippen molar-refractivity contribution in [3.8, 4) is 0 Å². The molecule has 40 heavy (non-hydrogen) atoms. The Balaban J connectivity index is 1.14. The lowest BCUT2D eigenvalue weighted by Gasteiger charge is -2.19. The number of nitrogens with one attached hydrogen (secondary N) is 2. The molecule has 0 fully saturated rings. The molecule has 0 radical (unpaired) electrons. The molecule has 2 amide bonds. The predicted octanol–water partition coefficient (Wildman–Crippen LogP) is 4.73. The van der Waals surface area contributed by atoms with Crippen LogP contribution in [0.1, 0.15) is 68.8 Å². The standard InChI is InChI=1S/C31H25F2N5O2/c32-23-7-1-5-21(26(23)33)17-8-9-24(27-18(12-17)4-2-10-34-27)37-29(39)20-13-19-14-31(15-25(19)36-16-20)22-6-3-11-35-28(22)38-30(31)40/h1-7,10-11,13,16-17,24H,8-9,12,14-15H2,(H,37,39)(H,35,38,40)/t17-,24-,31?/m1/s1. The number of carbonyl (C=O) groups excluding carboxylic acids is 2. The van der Waals surface area contributed by atoms with Crippen LogP contribution in [0, 0.1) is 11.6 Å². The van der Waals surface area contributed by atoms with Crippen LogP contribution in [-0.4, -0.2) is 26.8 Å². The van der Waals surface area contributed by atoms with Crippen molar-refractivity contribution < 1.29 is 18.4 Å². The number of aromatic nitrogens is 3. The summed E-state index contributed by atoms with van der Waals surface area (Å²) in [5.41, 5.74) is 4.11. The van der Waals surface area contributed by atoms with Crippen LogP contribution in [0.5, 0.6) is 0 Å². The lowest BCUT2D eigenvalue weighted by molar-refractivity contribution is -0.120. The van der Waals surface area contributed by atoms with E-state index in [1.54, 1.807) is 24.7 Å². The Morgan fingerprint density at radius 2 is 1.82 bits per heavy atom. The number of carbonyl (C=O) groups is 2. The van der Waals surface area contributed by atoms with E-state index in [1.807, 2.05) is 30.3 Å². The topological polar surface area (TPSA) is 96.9 Å². The van der Waals surface area contributed by atoms with Gasteiger partial charge in [0.05, 0.1) is 22.7 Å². The molecule has 200 valence electrons. The van der Waals surface area contributed by atoms with Crippen LogP contribution in [0.4, 0.5) is 14.6 Å². The van der Waals surface area contributed by atoms with Crippen LogP contribution in [0.25, 0.3) is 0 Å². The van der Waals surface area contributed by atoms with Crippen LogP contribution in [0.2, 0.25) is 0 Å². The lowest BCUT2D eigenvalue weighted by atomic mass is 9.80. The summed E-state index contributed by atoms with van der Waals surface area (Å²) in [4.78, 5) is 39.9. The number of hydrogen-bond donors (Lipinski definition) is 2. The third-order valence-corrected chi connectivity index (χ3v) is 8.53. The molecule has 7 rings (SSSR count). The van der Waals surface area contributed by atoms with E-state index < -0.39 is 23.1 Å². The van der Waals surface area contributed by atoms with Crippen molar-refractivity contribution in [3.05, 3.63) is 118 Å². The molecule has 3 atom stereocenters. The van der Waals surface area contributed by atoms with Crippen molar-refractivity contribution in [1.29, 1.82) is 0 Å². The highest BCUT2D eigenvalue weighted by Gasteiger charge is 2.51. The minimum absolute atomic E-state index is 0.101. The van der Waals surface area contributed by atoms with Gasteiger partial charge in [-0.25, -0.2) is 13.8 Å². The first-order chi connectivity index (χ1) is 19.4. The monoisotopic (exact) mass is 537 g/mol. The Kier molecular flexibility index (Phi) is 5.69. The summed E-state index contributed by atoms with van der Waals surface area (Å²) in [5, 5.41) is 5.99. The summed E-state index contributed by atoms with van der Waals surface area (Å²) < 4.78 is 28.6. The number of fused-ring (bicyclic) bond motifs is 4. The van der Waals surface area contributed by atoms with Crippen molar-refractivity contribution in [2.75, 3.05) is 5.32 Å². The Hall–Kier alpha value is -4.53. The molecule has 0 saturated carbocycles. The van der Waals surface area contributed by atoms with E-state index in [1.165, 1.54) is 6.07 Å². The minimum atomic E-state index is -0.862. The van der Waals surface area contributed by atoms with Gasteiger partial charge in [0.2, 0.25) is 5.91 Å². The zero-order valence-electron chi connectivity index (χ0n) is 21.5. The molecule has 2 aliphatic carbocycles. The molecule has 4 aromatic rings. The summed E-state index contributed by atoms with van der Waals surface area (Å²) in [6, 6.07) is 13.2. The number of pyridine rings is 3. The van der Waals surface area contributed by atoms with Crippen molar-refractivity contribution >= 4 is 17.6 Å². The van der Waals surface area contributed by atoms with Gasteiger partial charge in [0, 0.05) is 36.3 Å². The Labute approximate surface area is 229 Å². The summed E-state index contributed by atoms with van der Waals surface area (Å²) in [6.07, 6.45) is 7.33. The van der Waals surface area contributed by atoms with Crippen LogP contribution < -0.4 is 10.6 Å².